The van der Waals surface area contributed by atoms with Crippen molar-refractivity contribution in [2.75, 3.05) is 25.6 Å². The molecule has 3 aliphatic heterocycles. The van der Waals surface area contributed by atoms with Crippen LogP contribution in [0.2, 0.25) is 0 Å². The molecule has 64 heavy (non-hydrogen) atoms. The number of carbonyl (C=O) groups excluding carboxylic acids is 3. The minimum atomic E-state index is -2.08. The predicted molar refractivity (Wildman–Crippen MR) is 239 cm³/mol. The van der Waals surface area contributed by atoms with Crippen LogP contribution >= 0.6 is 0 Å². The number of carbonyl (C=O) groups is 3. The molecule has 3 aliphatic rings. The number of benzene rings is 3. The Morgan fingerprint density at radius 3 is 2.27 bits per heavy atom. The molecule has 0 unspecified atom stereocenters. The van der Waals surface area contributed by atoms with Gasteiger partial charge >= 0.3 is 11.8 Å². The van der Waals surface area contributed by atoms with Crippen molar-refractivity contribution < 1.29 is 68.4 Å². The zero-order valence-corrected chi connectivity index (χ0v) is 37.7. The fourth-order valence-electron chi connectivity index (χ4n) is 7.99. The van der Waals surface area contributed by atoms with E-state index in [1.807, 2.05) is 30.3 Å². The van der Waals surface area contributed by atoms with Gasteiger partial charge in [-0.3, -0.25) is 14.4 Å². The molecule has 16 nitrogen and oxygen atoms in total. The summed E-state index contributed by atoms with van der Waals surface area (Å²) in [6.07, 6.45) is 5.66. The first-order chi connectivity index (χ1) is 30.3. The number of ketones is 1. The van der Waals surface area contributed by atoms with Crippen LogP contribution < -0.4 is 14.8 Å². The molecule has 0 radical (unpaired) electrons. The largest absolute Gasteiger partial charge is 0.507 e. The average Bonchev–Trinajstić information content (AvgIpc) is 3.53. The molecule has 0 saturated heterocycles. The number of nitrogens with zero attached hydrogens (tertiary/aromatic N) is 1. The Morgan fingerprint density at radius 1 is 0.906 bits per heavy atom. The minimum absolute atomic E-state index is 0.0255. The van der Waals surface area contributed by atoms with Crippen LogP contribution in [0.4, 0.5) is 5.69 Å². The molecule has 6 N–H and O–H groups in total. The van der Waals surface area contributed by atoms with Crippen molar-refractivity contribution in [1.82, 2.24) is 0 Å². The van der Waals surface area contributed by atoms with Gasteiger partial charge in [0, 0.05) is 61.2 Å². The van der Waals surface area contributed by atoms with Crippen molar-refractivity contribution in [3.63, 3.8) is 0 Å². The molecule has 16 heteroatoms. The Balaban J connectivity index is 1.59. The molecule has 5 bridgehead atoms. The number of unbranched alkanes of at least 4 members (excludes halogenated alkanes) is 1. The number of aromatic hydroxyl groups is 3. The maximum absolute atomic E-state index is 14.4. The number of hydrogen-bond donors (Lipinski definition) is 6. The fraction of sp³-hybridized carbons (Fsp3) is 0.458. The number of allylic oxidation sites excluding steroid dienone is 2. The molecule has 3 aromatic rings. The second-order valence-electron chi connectivity index (χ2n) is 16.6. The predicted octanol–water partition coefficient (Wildman–Crippen LogP) is 6.96. The van der Waals surface area contributed by atoms with Crippen LogP contribution in [0.1, 0.15) is 82.8 Å². The van der Waals surface area contributed by atoms with Gasteiger partial charge < -0.3 is 59.4 Å². The number of oxime groups is 1. The summed E-state index contributed by atoms with van der Waals surface area (Å²) in [5.74, 6) is -8.02. The quantitative estimate of drug-likeness (QED) is 0.0302. The summed E-state index contributed by atoms with van der Waals surface area (Å²) in [6, 6.07) is 9.33. The van der Waals surface area contributed by atoms with E-state index in [4.69, 9.17) is 28.5 Å². The van der Waals surface area contributed by atoms with E-state index in [0.717, 1.165) is 12.0 Å². The number of methoxy groups -OCH3 is 1. The van der Waals surface area contributed by atoms with Crippen molar-refractivity contribution >= 4 is 40.3 Å². The Bertz CT molecular complexity index is 2310. The van der Waals surface area contributed by atoms with Gasteiger partial charge in [-0.05, 0) is 44.9 Å². The van der Waals surface area contributed by atoms with Gasteiger partial charge in [-0.1, -0.05) is 69.3 Å². The van der Waals surface area contributed by atoms with E-state index >= 15 is 0 Å². The number of aliphatic hydroxyl groups excluding tert-OH is 2. The molecule has 0 saturated carbocycles. The van der Waals surface area contributed by atoms with Crippen LogP contribution in [0.25, 0.3) is 10.8 Å². The van der Waals surface area contributed by atoms with Crippen molar-refractivity contribution in [2.45, 2.75) is 98.4 Å². The maximum atomic E-state index is 14.4. The number of Topliss-reactive ketones (excluding diaryl/α,β-unsaturated/α-hetero) is 1. The third-order valence-electron chi connectivity index (χ3n) is 11.9. The summed E-state index contributed by atoms with van der Waals surface area (Å²) in [5, 5.41) is 64.4. The van der Waals surface area contributed by atoms with Gasteiger partial charge in [0.05, 0.1) is 59.6 Å². The highest BCUT2D eigenvalue weighted by molar-refractivity contribution is 6.23. The first-order valence-electron chi connectivity index (χ1n) is 21.3. The molecule has 1 amide bonds. The highest BCUT2D eigenvalue weighted by atomic mass is 16.7. The molecule has 346 valence electrons. The molecule has 0 aliphatic carbocycles. The molecule has 9 atom stereocenters. The van der Waals surface area contributed by atoms with Crippen LogP contribution in [0.3, 0.4) is 0 Å². The van der Waals surface area contributed by atoms with Gasteiger partial charge in [0.1, 0.15) is 35.7 Å². The Morgan fingerprint density at radius 2 is 1.59 bits per heavy atom. The number of hydrogen-bond acceptors (Lipinski definition) is 15. The smallest absolute Gasteiger partial charge is 0.312 e. The minimum Gasteiger partial charge on any atom is -0.507 e. The third kappa shape index (κ3) is 10.5. The average molecular weight is 889 g/mol. The number of phenolic OH excluding ortho intramolecular Hbond substituents is 3. The lowest BCUT2D eigenvalue weighted by Gasteiger charge is -2.38. The number of rotatable bonds is 10. The second-order valence-corrected chi connectivity index (χ2v) is 16.6. The maximum Gasteiger partial charge on any atom is 0.312 e. The summed E-state index contributed by atoms with van der Waals surface area (Å²) in [6.45, 7) is 13.0. The van der Waals surface area contributed by atoms with E-state index in [-0.39, 0.29) is 51.1 Å². The van der Waals surface area contributed by atoms with E-state index < -0.39 is 88.8 Å². The van der Waals surface area contributed by atoms with E-state index in [1.54, 1.807) is 39.8 Å². The number of phenols is 3. The van der Waals surface area contributed by atoms with Crippen molar-refractivity contribution in [1.29, 1.82) is 0 Å². The molecular formula is C48H60N2O14. The van der Waals surface area contributed by atoms with Crippen molar-refractivity contribution in [3.8, 4) is 28.7 Å². The van der Waals surface area contributed by atoms with Crippen molar-refractivity contribution in [3.05, 3.63) is 83.2 Å². The lowest BCUT2D eigenvalue weighted by Crippen LogP contribution is -2.46. The monoisotopic (exact) mass is 888 g/mol. The molecule has 3 heterocycles. The van der Waals surface area contributed by atoms with Crippen LogP contribution in [-0.4, -0.2) is 99.9 Å². The first kappa shape index (κ1) is 48.9. The van der Waals surface area contributed by atoms with Crippen LogP contribution in [0.5, 0.6) is 28.7 Å². The topological polar surface area (TPSA) is 232 Å². The zero-order valence-electron chi connectivity index (χ0n) is 37.7. The highest BCUT2D eigenvalue weighted by Gasteiger charge is 2.50. The summed E-state index contributed by atoms with van der Waals surface area (Å²) in [5.41, 5.74) is -0.669. The summed E-state index contributed by atoms with van der Waals surface area (Å²) in [4.78, 5) is 46.0. The number of aliphatic hydroxyl groups is 2. The number of nitrogens with one attached hydrogen (secondary N) is 1. The molecule has 0 aromatic heterocycles. The van der Waals surface area contributed by atoms with Gasteiger partial charge in [0.25, 0.3) is 11.7 Å². The Hall–Kier alpha value is -6.10. The normalized spacial score (nSPS) is 28.5. The second kappa shape index (κ2) is 21.1. The number of para-hydroxylation sites is 1. The van der Waals surface area contributed by atoms with E-state index in [0.29, 0.717) is 19.4 Å². The summed E-state index contributed by atoms with van der Waals surface area (Å²) in [7, 11) is 1.43. The number of ether oxygens (including phenoxy) is 5. The van der Waals surface area contributed by atoms with Crippen LogP contribution in [0, 0.1) is 30.6 Å². The van der Waals surface area contributed by atoms with Gasteiger partial charge in [-0.2, -0.15) is 0 Å². The van der Waals surface area contributed by atoms with Gasteiger partial charge in [-0.25, -0.2) is 0 Å². The lowest BCUT2D eigenvalue weighted by molar-refractivity contribution is -0.160. The molecule has 3 aromatic carbocycles. The highest BCUT2D eigenvalue weighted by Crippen LogP contribution is 2.55. The molecule has 0 fully saturated rings. The first-order valence-corrected chi connectivity index (χ1v) is 21.3. The van der Waals surface area contributed by atoms with Crippen LogP contribution in [-0.2, 0) is 28.6 Å². The Labute approximate surface area is 372 Å². The van der Waals surface area contributed by atoms with Gasteiger partial charge in [0.2, 0.25) is 0 Å². The molecule has 6 rings (SSSR count). The van der Waals surface area contributed by atoms with E-state index in [2.05, 4.69) is 10.5 Å². The number of amides is 1. The summed E-state index contributed by atoms with van der Waals surface area (Å²) >= 11 is 0. The number of fused-ring (bicyclic) bond motifs is 14. The molecular weight excluding hydrogens is 829 g/mol. The third-order valence-corrected chi connectivity index (χ3v) is 11.9. The zero-order chi connectivity index (χ0) is 47.0. The Kier molecular flexibility index (Phi) is 16.1. The molecule has 0 spiro atoms. The SMILES string of the molecule is CO[C@H]1/C=C/O[C@@]2(C)Oc3c(C)c(O)c4c(O)c(c(/C=N/OCCCCOc5ccccc5)c(O)c4c3C2=O)NC(=O)/C(C)=C\C=C\[C@@H](C)[C@H](O)[C@@H](C)[C@@H](O)[C@@H](C)[C@H](OC(C)=O)[C@@H]1C. The van der Waals surface area contributed by atoms with Gasteiger partial charge in [-0.15, -0.1) is 0 Å². The van der Waals surface area contributed by atoms with E-state index in [1.165, 1.54) is 53.2 Å². The lowest BCUT2D eigenvalue weighted by atomic mass is 9.78. The number of anilines is 1. The van der Waals surface area contributed by atoms with Crippen molar-refractivity contribution in [2.24, 2.45) is 28.8 Å². The van der Waals surface area contributed by atoms with Gasteiger partial charge in [0.15, 0.2) is 5.75 Å². The standard InChI is InChI=1S/C48H60N2O14/c1-25-16-15-17-26(2)47(58)50-38-33(24-49-62-22-14-13-21-60-32-18-11-10-12-19-32)42(55)35-36(43(38)56)41(54)30(6)45-37(35)46(57)48(8,64-45)61-23-20-34(59-9)27(3)44(63-31(7)51)29(5)40(53)28(4)39(25)52/h10-12,15-20,23-25,27-29,34,39-40,44,52-56H,13-14,21-22H2,1-9H3,(H,50,58)/b16-15+,23-20+,26-17-,49-24+/t25-,27-,28-,29-,34+,39+,40-,44-,48+/m1/s1. The number of esters is 1. The summed E-state index contributed by atoms with van der Waals surface area (Å²) < 4.78 is 29.3. The fourth-order valence-corrected chi connectivity index (χ4v) is 7.99. The van der Waals surface area contributed by atoms with Crippen LogP contribution in [0.15, 0.2) is 71.6 Å². The van der Waals surface area contributed by atoms with E-state index in [9.17, 15) is 39.9 Å².